The monoisotopic (exact) mass is 249 g/mol. The fourth-order valence-electron chi connectivity index (χ4n) is 1.05. The summed E-state index contributed by atoms with van der Waals surface area (Å²) in [7, 11) is -2.86. The summed E-state index contributed by atoms with van der Waals surface area (Å²) in [4.78, 5) is 0. The van der Waals surface area contributed by atoms with E-state index in [0.29, 0.717) is 18.8 Å². The lowest BCUT2D eigenvalue weighted by Gasteiger charge is -2.03. The van der Waals surface area contributed by atoms with Crippen LogP contribution in [0.2, 0.25) is 0 Å². The molecule has 0 aliphatic carbocycles. The Morgan fingerprint density at radius 1 is 1.53 bits per heavy atom. The van der Waals surface area contributed by atoms with E-state index in [-0.39, 0.29) is 5.75 Å². The van der Waals surface area contributed by atoms with Crippen LogP contribution in [0.1, 0.15) is 12.0 Å². The van der Waals surface area contributed by atoms with Crippen molar-refractivity contribution < 1.29 is 8.42 Å². The topological polar surface area (TPSA) is 85.1 Å². The van der Waals surface area contributed by atoms with E-state index in [1.807, 2.05) is 6.92 Å². The molecule has 0 saturated carbocycles. The number of nitrogens with zero attached hydrogens (tertiary/aromatic N) is 1. The largest absolute Gasteiger partial charge is 0.383 e. The van der Waals surface area contributed by atoms with E-state index < -0.39 is 9.84 Å². The molecule has 0 fully saturated rings. The molecule has 1 aromatic heterocycles. The van der Waals surface area contributed by atoms with Crippen molar-refractivity contribution in [1.29, 1.82) is 0 Å². The van der Waals surface area contributed by atoms with E-state index in [4.69, 9.17) is 5.73 Å². The molecule has 0 atom stereocenters. The number of nitrogen functional groups attached to an aromatic ring is 1. The van der Waals surface area contributed by atoms with Crippen LogP contribution >= 0.6 is 11.5 Å². The molecule has 0 unspecified atom stereocenters. The van der Waals surface area contributed by atoms with Crippen molar-refractivity contribution in [1.82, 2.24) is 4.37 Å². The van der Waals surface area contributed by atoms with Gasteiger partial charge in [-0.15, -0.1) is 0 Å². The lowest BCUT2D eigenvalue weighted by atomic mass is 10.3. The van der Waals surface area contributed by atoms with Crippen molar-refractivity contribution in [3.05, 3.63) is 5.56 Å². The minimum Gasteiger partial charge on any atom is -0.383 e. The van der Waals surface area contributed by atoms with Gasteiger partial charge in [0.15, 0.2) is 0 Å². The molecule has 1 heterocycles. The smallest absolute Gasteiger partial charge is 0.147 e. The Balaban J connectivity index is 2.36. The Bertz CT molecular complexity index is 425. The highest BCUT2D eigenvalue weighted by atomic mass is 32.2. The second kappa shape index (κ2) is 4.80. The van der Waals surface area contributed by atoms with Gasteiger partial charge in [-0.3, -0.25) is 0 Å². The number of hydrogen-bond acceptors (Lipinski definition) is 6. The Kier molecular flexibility index (Phi) is 3.92. The Morgan fingerprint density at radius 2 is 2.20 bits per heavy atom. The molecule has 3 N–H and O–H groups in total. The molecular weight excluding hydrogens is 234 g/mol. The molecule has 15 heavy (non-hydrogen) atoms. The number of hydrogen-bond donors (Lipinski definition) is 2. The maximum absolute atomic E-state index is 10.9. The Morgan fingerprint density at radius 3 is 2.67 bits per heavy atom. The van der Waals surface area contributed by atoms with Gasteiger partial charge in [0.2, 0.25) is 0 Å². The molecule has 0 radical (unpaired) electrons. The molecular formula is C8H15N3O2S2. The Labute approximate surface area is 93.8 Å². The molecule has 0 amide bonds. The molecule has 0 aliphatic rings. The molecule has 5 nitrogen and oxygen atoms in total. The van der Waals surface area contributed by atoms with E-state index in [0.717, 1.165) is 10.6 Å². The van der Waals surface area contributed by atoms with Crippen LogP contribution in [-0.2, 0) is 9.84 Å². The van der Waals surface area contributed by atoms with Crippen molar-refractivity contribution in [2.45, 2.75) is 13.3 Å². The second-order valence-electron chi connectivity index (χ2n) is 3.43. The molecule has 7 heteroatoms. The van der Waals surface area contributed by atoms with Crippen LogP contribution in [0.4, 0.5) is 10.8 Å². The molecule has 86 valence electrons. The van der Waals surface area contributed by atoms with E-state index in [2.05, 4.69) is 9.69 Å². The van der Waals surface area contributed by atoms with E-state index in [1.165, 1.54) is 17.8 Å². The number of nitrogens with two attached hydrogens (primary N) is 1. The summed E-state index contributed by atoms with van der Waals surface area (Å²) in [6, 6.07) is 0. The zero-order valence-corrected chi connectivity index (χ0v) is 10.4. The average molecular weight is 249 g/mol. The maximum atomic E-state index is 10.9. The van der Waals surface area contributed by atoms with Gasteiger partial charge in [-0.25, -0.2) is 8.42 Å². The summed E-state index contributed by atoms with van der Waals surface area (Å²) < 4.78 is 25.7. The predicted octanol–water partition coefficient (Wildman–Crippen LogP) is 0.880. The number of rotatable bonds is 5. The minimum atomic E-state index is -2.86. The molecule has 0 aliphatic heterocycles. The van der Waals surface area contributed by atoms with Gasteiger partial charge in [0.05, 0.1) is 5.75 Å². The maximum Gasteiger partial charge on any atom is 0.147 e. The molecule has 1 rings (SSSR count). The van der Waals surface area contributed by atoms with Gasteiger partial charge in [0, 0.05) is 18.4 Å². The summed E-state index contributed by atoms with van der Waals surface area (Å²) >= 11 is 1.30. The number of aromatic nitrogens is 1. The van der Waals surface area contributed by atoms with E-state index in [9.17, 15) is 8.42 Å². The van der Waals surface area contributed by atoms with Gasteiger partial charge >= 0.3 is 0 Å². The van der Waals surface area contributed by atoms with Gasteiger partial charge < -0.3 is 11.1 Å². The lowest BCUT2D eigenvalue weighted by molar-refractivity contribution is 0.600. The first kappa shape index (κ1) is 12.3. The van der Waals surface area contributed by atoms with Gasteiger partial charge in [-0.05, 0) is 24.9 Å². The normalized spacial score (nSPS) is 11.6. The number of sulfone groups is 1. The highest BCUT2D eigenvalue weighted by Gasteiger charge is 2.06. The third-order valence-electron chi connectivity index (χ3n) is 1.94. The van der Waals surface area contributed by atoms with E-state index in [1.54, 1.807) is 0 Å². The summed E-state index contributed by atoms with van der Waals surface area (Å²) in [5.74, 6) is 0.735. The fourth-order valence-corrected chi connectivity index (χ4v) is 2.45. The molecule has 0 aromatic carbocycles. The standard InChI is InChI=1S/C8H15N3O2S2/c1-6-7(9)11-14-8(6)10-4-3-5-15(2,12)13/h10H,3-5H2,1-2H3,(H2,9,11). The van der Waals surface area contributed by atoms with Gasteiger partial charge in [0.1, 0.15) is 20.7 Å². The van der Waals surface area contributed by atoms with Crippen LogP contribution in [0.15, 0.2) is 0 Å². The zero-order chi connectivity index (χ0) is 11.5. The summed E-state index contributed by atoms with van der Waals surface area (Å²) in [6.07, 6.45) is 1.83. The molecule has 1 aromatic rings. The second-order valence-corrected chi connectivity index (χ2v) is 6.47. The summed E-state index contributed by atoms with van der Waals surface area (Å²) in [5.41, 5.74) is 6.51. The highest BCUT2D eigenvalue weighted by Crippen LogP contribution is 2.24. The van der Waals surface area contributed by atoms with Crippen molar-refractivity contribution in [2.75, 3.05) is 29.6 Å². The van der Waals surface area contributed by atoms with Gasteiger partial charge in [-0.1, -0.05) is 0 Å². The number of nitrogens with one attached hydrogen (secondary N) is 1. The van der Waals surface area contributed by atoms with Gasteiger partial charge in [-0.2, -0.15) is 4.37 Å². The Hall–Kier alpha value is -0.820. The highest BCUT2D eigenvalue weighted by molar-refractivity contribution is 7.90. The third-order valence-corrected chi connectivity index (χ3v) is 3.89. The predicted molar refractivity (Wildman–Crippen MR) is 64.1 cm³/mol. The van der Waals surface area contributed by atoms with Crippen LogP contribution < -0.4 is 11.1 Å². The van der Waals surface area contributed by atoms with Crippen molar-refractivity contribution >= 4 is 32.2 Å². The van der Waals surface area contributed by atoms with Crippen LogP contribution in [-0.4, -0.2) is 31.3 Å². The molecule has 0 saturated heterocycles. The SMILES string of the molecule is Cc1c(N)nsc1NCCCS(C)(=O)=O. The lowest BCUT2D eigenvalue weighted by Crippen LogP contribution is -2.09. The minimum absolute atomic E-state index is 0.202. The summed E-state index contributed by atoms with van der Waals surface area (Å²) in [6.45, 7) is 2.51. The fraction of sp³-hybridized carbons (Fsp3) is 0.625. The summed E-state index contributed by atoms with van der Waals surface area (Å²) in [5, 5.41) is 4.04. The van der Waals surface area contributed by atoms with Crippen LogP contribution in [0.25, 0.3) is 0 Å². The van der Waals surface area contributed by atoms with Crippen molar-refractivity contribution in [3.8, 4) is 0 Å². The first-order valence-corrected chi connectivity index (χ1v) is 7.37. The van der Waals surface area contributed by atoms with Crippen molar-refractivity contribution in [2.24, 2.45) is 0 Å². The number of anilines is 2. The van der Waals surface area contributed by atoms with Gasteiger partial charge in [0.25, 0.3) is 0 Å². The van der Waals surface area contributed by atoms with Crippen LogP contribution in [0.5, 0.6) is 0 Å². The average Bonchev–Trinajstić information content (AvgIpc) is 2.42. The molecule has 0 spiro atoms. The quantitative estimate of drug-likeness (QED) is 0.757. The molecule has 0 bridgehead atoms. The van der Waals surface area contributed by atoms with Crippen molar-refractivity contribution in [3.63, 3.8) is 0 Å². The van der Waals surface area contributed by atoms with Crippen LogP contribution in [0, 0.1) is 6.92 Å². The third kappa shape index (κ3) is 4.05. The first-order chi connectivity index (χ1) is 6.90. The van der Waals surface area contributed by atoms with Crippen LogP contribution in [0.3, 0.4) is 0 Å². The van der Waals surface area contributed by atoms with E-state index >= 15 is 0 Å². The first-order valence-electron chi connectivity index (χ1n) is 4.53. The zero-order valence-electron chi connectivity index (χ0n) is 8.78.